The molecule has 96 valence electrons. The summed E-state index contributed by atoms with van der Waals surface area (Å²) >= 11 is 0. The quantitative estimate of drug-likeness (QED) is 0.516. The third-order valence-electron chi connectivity index (χ3n) is 3.70. The van der Waals surface area contributed by atoms with Gasteiger partial charge in [-0.2, -0.15) is 0 Å². The van der Waals surface area contributed by atoms with Gasteiger partial charge >= 0.3 is 0 Å². The zero-order valence-electron chi connectivity index (χ0n) is 10.9. The van der Waals surface area contributed by atoms with Gasteiger partial charge in [0.15, 0.2) is 0 Å². The molecule has 0 aliphatic heterocycles. The van der Waals surface area contributed by atoms with E-state index in [4.69, 9.17) is 0 Å². The van der Waals surface area contributed by atoms with Crippen molar-refractivity contribution in [3.05, 3.63) is 73.1 Å². The van der Waals surface area contributed by atoms with Gasteiger partial charge in [-0.05, 0) is 35.0 Å². The van der Waals surface area contributed by atoms with Crippen LogP contribution in [-0.2, 0) is 0 Å². The maximum Gasteiger partial charge on any atom is 0.0460 e. The SMILES string of the molecule is c1c[nH]c(-c2ccc(-c3ccc[nH]3)c3ccccc23)c1. The Hall–Kier alpha value is -2.74. The predicted molar refractivity (Wildman–Crippen MR) is 83.5 cm³/mol. The summed E-state index contributed by atoms with van der Waals surface area (Å²) in [6.45, 7) is 0. The molecule has 0 aliphatic carbocycles. The number of hydrogen-bond donors (Lipinski definition) is 2. The molecule has 0 amide bonds. The fourth-order valence-electron chi connectivity index (χ4n) is 2.76. The Balaban J connectivity index is 2.05. The summed E-state index contributed by atoms with van der Waals surface area (Å²) in [5, 5.41) is 2.53. The first-order valence-corrected chi connectivity index (χ1v) is 6.73. The molecule has 0 fully saturated rings. The highest BCUT2D eigenvalue weighted by molar-refractivity contribution is 6.03. The summed E-state index contributed by atoms with van der Waals surface area (Å²) in [6.07, 6.45) is 3.92. The van der Waals surface area contributed by atoms with Gasteiger partial charge in [-0.1, -0.05) is 36.4 Å². The molecule has 2 aromatic carbocycles. The third kappa shape index (κ3) is 1.66. The molecule has 0 aliphatic rings. The van der Waals surface area contributed by atoms with Gasteiger partial charge < -0.3 is 9.97 Å². The first-order chi connectivity index (χ1) is 9.93. The maximum absolute atomic E-state index is 3.29. The first kappa shape index (κ1) is 11.1. The predicted octanol–water partition coefficient (Wildman–Crippen LogP) is 4.83. The Kier molecular flexibility index (Phi) is 2.46. The number of aromatic nitrogens is 2. The van der Waals surface area contributed by atoms with Crippen LogP contribution < -0.4 is 0 Å². The average molecular weight is 258 g/mol. The monoisotopic (exact) mass is 258 g/mol. The lowest BCUT2D eigenvalue weighted by Gasteiger charge is -2.09. The lowest BCUT2D eigenvalue weighted by Crippen LogP contribution is -1.85. The lowest BCUT2D eigenvalue weighted by molar-refractivity contribution is 1.40. The van der Waals surface area contributed by atoms with Gasteiger partial charge in [-0.15, -0.1) is 0 Å². The topological polar surface area (TPSA) is 31.6 Å². The maximum atomic E-state index is 3.29. The Morgan fingerprint density at radius 2 is 1.00 bits per heavy atom. The second-order valence-electron chi connectivity index (χ2n) is 4.87. The summed E-state index contributed by atoms with van der Waals surface area (Å²) in [5.41, 5.74) is 4.78. The number of H-pyrrole nitrogens is 2. The fourth-order valence-corrected chi connectivity index (χ4v) is 2.76. The van der Waals surface area contributed by atoms with Crippen LogP contribution in [-0.4, -0.2) is 9.97 Å². The Bertz CT molecular complexity index is 768. The van der Waals surface area contributed by atoms with Crippen molar-refractivity contribution in [2.24, 2.45) is 0 Å². The van der Waals surface area contributed by atoms with Crippen LogP contribution in [0.1, 0.15) is 0 Å². The molecule has 0 saturated carbocycles. The van der Waals surface area contributed by atoms with E-state index in [1.807, 2.05) is 24.5 Å². The van der Waals surface area contributed by atoms with Crippen LogP contribution in [0.3, 0.4) is 0 Å². The molecule has 4 rings (SSSR count). The molecule has 2 N–H and O–H groups in total. The van der Waals surface area contributed by atoms with E-state index in [-0.39, 0.29) is 0 Å². The van der Waals surface area contributed by atoms with Gasteiger partial charge in [0.2, 0.25) is 0 Å². The van der Waals surface area contributed by atoms with E-state index in [1.165, 1.54) is 21.9 Å². The largest absolute Gasteiger partial charge is 0.361 e. The smallest absolute Gasteiger partial charge is 0.0460 e. The Morgan fingerprint density at radius 3 is 1.40 bits per heavy atom. The second kappa shape index (κ2) is 4.42. The van der Waals surface area contributed by atoms with Crippen LogP contribution in [0, 0.1) is 0 Å². The summed E-state index contributed by atoms with van der Waals surface area (Å²) in [5.74, 6) is 0. The average Bonchev–Trinajstić information content (AvgIpc) is 3.19. The van der Waals surface area contributed by atoms with Crippen LogP contribution in [0.15, 0.2) is 73.1 Å². The van der Waals surface area contributed by atoms with E-state index >= 15 is 0 Å². The number of aromatic amines is 2. The van der Waals surface area contributed by atoms with Gasteiger partial charge in [0.25, 0.3) is 0 Å². The zero-order valence-corrected chi connectivity index (χ0v) is 10.9. The van der Waals surface area contributed by atoms with Crippen molar-refractivity contribution < 1.29 is 0 Å². The van der Waals surface area contributed by atoms with Crippen molar-refractivity contribution in [1.82, 2.24) is 9.97 Å². The van der Waals surface area contributed by atoms with Gasteiger partial charge in [0.05, 0.1) is 0 Å². The molecule has 0 radical (unpaired) electrons. The standard InChI is InChI=1S/C18H14N2/c1-2-6-14-13(5-1)15(17-7-3-11-19-17)9-10-16(14)18-8-4-12-20-18/h1-12,19-20H. The molecule has 20 heavy (non-hydrogen) atoms. The van der Waals surface area contributed by atoms with E-state index in [0.717, 1.165) is 11.4 Å². The fraction of sp³-hybridized carbons (Fsp3) is 0. The number of hydrogen-bond acceptors (Lipinski definition) is 0. The molecule has 0 atom stereocenters. The molecule has 2 nitrogen and oxygen atoms in total. The van der Waals surface area contributed by atoms with Crippen LogP contribution in [0.2, 0.25) is 0 Å². The highest BCUT2D eigenvalue weighted by Crippen LogP contribution is 2.34. The molecule has 2 aromatic heterocycles. The number of benzene rings is 2. The molecule has 2 heterocycles. The van der Waals surface area contributed by atoms with Crippen molar-refractivity contribution in [1.29, 1.82) is 0 Å². The van der Waals surface area contributed by atoms with Crippen LogP contribution >= 0.6 is 0 Å². The van der Waals surface area contributed by atoms with E-state index < -0.39 is 0 Å². The van der Waals surface area contributed by atoms with E-state index in [2.05, 4.69) is 58.5 Å². The molecule has 2 heteroatoms. The Labute approximate surface area is 117 Å². The second-order valence-corrected chi connectivity index (χ2v) is 4.87. The molecule has 0 bridgehead atoms. The minimum Gasteiger partial charge on any atom is -0.361 e. The van der Waals surface area contributed by atoms with Crippen molar-refractivity contribution in [2.75, 3.05) is 0 Å². The van der Waals surface area contributed by atoms with E-state index in [9.17, 15) is 0 Å². The Morgan fingerprint density at radius 1 is 0.500 bits per heavy atom. The molecule has 0 spiro atoms. The summed E-state index contributed by atoms with van der Waals surface area (Å²) < 4.78 is 0. The van der Waals surface area contributed by atoms with Gasteiger partial charge in [-0.3, -0.25) is 0 Å². The van der Waals surface area contributed by atoms with Crippen molar-refractivity contribution in [3.8, 4) is 22.5 Å². The summed E-state index contributed by atoms with van der Waals surface area (Å²) in [4.78, 5) is 6.58. The zero-order chi connectivity index (χ0) is 13.4. The minimum absolute atomic E-state index is 1.15. The van der Waals surface area contributed by atoms with E-state index in [0.29, 0.717) is 0 Å². The number of rotatable bonds is 2. The molecule has 4 aromatic rings. The van der Waals surface area contributed by atoms with E-state index in [1.54, 1.807) is 0 Å². The van der Waals surface area contributed by atoms with Gasteiger partial charge in [0.1, 0.15) is 0 Å². The highest BCUT2D eigenvalue weighted by Gasteiger charge is 2.09. The first-order valence-electron chi connectivity index (χ1n) is 6.73. The van der Waals surface area contributed by atoms with Crippen LogP contribution in [0.4, 0.5) is 0 Å². The van der Waals surface area contributed by atoms with Gasteiger partial charge in [-0.25, -0.2) is 0 Å². The number of nitrogens with one attached hydrogen (secondary N) is 2. The third-order valence-corrected chi connectivity index (χ3v) is 3.70. The van der Waals surface area contributed by atoms with Crippen molar-refractivity contribution in [2.45, 2.75) is 0 Å². The van der Waals surface area contributed by atoms with Crippen molar-refractivity contribution >= 4 is 10.8 Å². The van der Waals surface area contributed by atoms with Crippen LogP contribution in [0.25, 0.3) is 33.3 Å². The van der Waals surface area contributed by atoms with Crippen molar-refractivity contribution in [3.63, 3.8) is 0 Å². The molecule has 0 unspecified atom stereocenters. The number of fused-ring (bicyclic) bond motifs is 1. The molecular weight excluding hydrogens is 244 g/mol. The molecule has 0 saturated heterocycles. The molecular formula is C18H14N2. The summed E-state index contributed by atoms with van der Waals surface area (Å²) in [6, 6.07) is 21.2. The minimum atomic E-state index is 1.15. The lowest BCUT2D eigenvalue weighted by atomic mass is 9.96. The van der Waals surface area contributed by atoms with Gasteiger partial charge in [0, 0.05) is 34.9 Å². The normalized spacial score (nSPS) is 11.0. The van der Waals surface area contributed by atoms with Crippen LogP contribution in [0.5, 0.6) is 0 Å². The highest BCUT2D eigenvalue weighted by atomic mass is 14.7. The summed E-state index contributed by atoms with van der Waals surface area (Å²) in [7, 11) is 0.